The largest absolute Gasteiger partial charge is 0.469 e. The highest BCUT2D eigenvalue weighted by Gasteiger charge is 2.36. The molecule has 1 atom stereocenters. The average Bonchev–Trinajstić information content (AvgIpc) is 2.73. The van der Waals surface area contributed by atoms with Crippen LogP contribution >= 0.6 is 15.9 Å². The number of hydrogen-bond donors (Lipinski definition) is 0. The number of nitrogens with zero attached hydrogens (tertiary/aromatic N) is 1. The number of anilines is 1. The van der Waals surface area contributed by atoms with E-state index < -0.39 is 0 Å². The van der Waals surface area contributed by atoms with Gasteiger partial charge in [0.05, 0.1) is 13.0 Å². The van der Waals surface area contributed by atoms with E-state index in [0.717, 1.165) is 15.7 Å². The van der Waals surface area contributed by atoms with Gasteiger partial charge in [-0.1, -0.05) is 22.0 Å². The molecule has 1 aromatic carbocycles. The van der Waals surface area contributed by atoms with E-state index in [-0.39, 0.29) is 24.2 Å². The molecule has 0 bridgehead atoms. The van der Waals surface area contributed by atoms with Gasteiger partial charge in [-0.3, -0.25) is 9.59 Å². The second-order valence-corrected chi connectivity index (χ2v) is 5.28. The quantitative estimate of drug-likeness (QED) is 0.787. The summed E-state index contributed by atoms with van der Waals surface area (Å²) in [5.74, 6) is -0.717. The highest BCUT2D eigenvalue weighted by atomic mass is 79.9. The summed E-state index contributed by atoms with van der Waals surface area (Å²) in [5.41, 5.74) is 1.86. The molecule has 2 rings (SSSR count). The fourth-order valence-corrected chi connectivity index (χ4v) is 2.49. The number of ether oxygens (including phenoxy) is 1. The average molecular weight is 312 g/mol. The lowest BCUT2D eigenvalue weighted by Gasteiger charge is -2.19. The van der Waals surface area contributed by atoms with Crippen LogP contribution in [0, 0.1) is 12.8 Å². The van der Waals surface area contributed by atoms with E-state index in [2.05, 4.69) is 15.9 Å². The van der Waals surface area contributed by atoms with Gasteiger partial charge in [0.2, 0.25) is 5.91 Å². The maximum absolute atomic E-state index is 12.0. The van der Waals surface area contributed by atoms with Crippen LogP contribution in [0.25, 0.3) is 0 Å². The number of hydrogen-bond acceptors (Lipinski definition) is 3. The van der Waals surface area contributed by atoms with Crippen molar-refractivity contribution in [3.8, 4) is 0 Å². The van der Waals surface area contributed by atoms with Crippen LogP contribution < -0.4 is 4.90 Å². The minimum absolute atomic E-state index is 0.0356. The number of aryl methyl sites for hydroxylation is 1. The first-order chi connectivity index (χ1) is 8.52. The van der Waals surface area contributed by atoms with E-state index in [4.69, 9.17) is 4.74 Å². The molecule has 18 heavy (non-hydrogen) atoms. The Morgan fingerprint density at radius 3 is 2.89 bits per heavy atom. The Hall–Kier alpha value is -1.36. The van der Waals surface area contributed by atoms with Crippen molar-refractivity contribution in [2.75, 3.05) is 18.6 Å². The molecule has 0 aliphatic carbocycles. The van der Waals surface area contributed by atoms with Crippen LogP contribution in [0.3, 0.4) is 0 Å². The minimum atomic E-state index is -0.360. The predicted molar refractivity (Wildman–Crippen MR) is 71.4 cm³/mol. The number of benzene rings is 1. The van der Waals surface area contributed by atoms with E-state index in [9.17, 15) is 9.59 Å². The first-order valence-electron chi connectivity index (χ1n) is 5.67. The lowest BCUT2D eigenvalue weighted by Crippen LogP contribution is -2.26. The van der Waals surface area contributed by atoms with Crippen molar-refractivity contribution in [2.24, 2.45) is 5.92 Å². The zero-order valence-electron chi connectivity index (χ0n) is 10.3. The van der Waals surface area contributed by atoms with Crippen molar-refractivity contribution in [3.05, 3.63) is 28.2 Å². The van der Waals surface area contributed by atoms with E-state index in [1.807, 2.05) is 25.1 Å². The number of carbonyl (C=O) groups is 2. The zero-order chi connectivity index (χ0) is 13.3. The molecule has 1 amide bonds. The molecule has 5 heteroatoms. The van der Waals surface area contributed by atoms with Gasteiger partial charge < -0.3 is 9.64 Å². The third-order valence-electron chi connectivity index (χ3n) is 3.12. The Labute approximate surface area is 114 Å². The van der Waals surface area contributed by atoms with Crippen molar-refractivity contribution in [3.63, 3.8) is 0 Å². The van der Waals surface area contributed by atoms with Gasteiger partial charge in [0, 0.05) is 23.1 Å². The molecule has 4 nitrogen and oxygen atoms in total. The van der Waals surface area contributed by atoms with Gasteiger partial charge in [0.1, 0.15) is 0 Å². The first-order valence-corrected chi connectivity index (χ1v) is 6.46. The Balaban J connectivity index is 2.27. The van der Waals surface area contributed by atoms with Gasteiger partial charge >= 0.3 is 5.97 Å². The molecular formula is C13H14BrNO3. The maximum atomic E-state index is 12.0. The summed E-state index contributed by atoms with van der Waals surface area (Å²) in [4.78, 5) is 25.1. The summed E-state index contributed by atoms with van der Waals surface area (Å²) in [6.07, 6.45) is 0.221. The number of esters is 1. The summed E-state index contributed by atoms with van der Waals surface area (Å²) in [6, 6.07) is 5.77. The third-order valence-corrected chi connectivity index (χ3v) is 3.61. The van der Waals surface area contributed by atoms with Gasteiger partial charge in [-0.05, 0) is 24.6 Å². The molecule has 1 unspecified atom stereocenters. The molecule has 0 spiro atoms. The molecule has 0 N–H and O–H groups in total. The number of amides is 1. The third kappa shape index (κ3) is 2.41. The van der Waals surface area contributed by atoms with Gasteiger partial charge in [-0.2, -0.15) is 0 Å². The van der Waals surface area contributed by atoms with Crippen LogP contribution in [-0.4, -0.2) is 25.5 Å². The number of rotatable bonds is 2. The van der Waals surface area contributed by atoms with Crippen molar-refractivity contribution in [1.82, 2.24) is 0 Å². The van der Waals surface area contributed by atoms with Crippen LogP contribution in [0.1, 0.15) is 12.0 Å². The lowest BCUT2D eigenvalue weighted by atomic mass is 10.1. The van der Waals surface area contributed by atoms with Crippen molar-refractivity contribution < 1.29 is 14.3 Å². The van der Waals surface area contributed by atoms with Crippen LogP contribution in [0.4, 0.5) is 5.69 Å². The van der Waals surface area contributed by atoms with Crippen molar-refractivity contribution in [2.45, 2.75) is 13.3 Å². The van der Waals surface area contributed by atoms with Crippen LogP contribution in [-0.2, 0) is 14.3 Å². The Morgan fingerprint density at radius 1 is 1.50 bits per heavy atom. The zero-order valence-corrected chi connectivity index (χ0v) is 11.9. The van der Waals surface area contributed by atoms with Gasteiger partial charge in [0.15, 0.2) is 0 Å². The monoisotopic (exact) mass is 311 g/mol. The van der Waals surface area contributed by atoms with Gasteiger partial charge in [0.25, 0.3) is 0 Å². The highest BCUT2D eigenvalue weighted by molar-refractivity contribution is 9.10. The molecule has 1 aromatic rings. The second kappa shape index (κ2) is 5.10. The van der Waals surface area contributed by atoms with Crippen molar-refractivity contribution >= 4 is 33.5 Å². The first kappa shape index (κ1) is 13.1. The summed E-state index contributed by atoms with van der Waals surface area (Å²) in [6.45, 7) is 2.34. The minimum Gasteiger partial charge on any atom is -0.469 e. The smallest absolute Gasteiger partial charge is 0.311 e. The van der Waals surface area contributed by atoms with Gasteiger partial charge in [-0.25, -0.2) is 0 Å². The molecule has 96 valence electrons. The van der Waals surface area contributed by atoms with E-state index in [1.54, 1.807) is 4.90 Å². The fraction of sp³-hybridized carbons (Fsp3) is 0.385. The lowest BCUT2D eigenvalue weighted by molar-refractivity contribution is -0.145. The number of carbonyl (C=O) groups excluding carboxylic acids is 2. The standard InChI is InChI=1S/C13H14BrNO3/c1-8-3-4-10(14)6-11(8)15-7-9(5-12(15)16)13(17)18-2/h3-4,6,9H,5,7H2,1-2H3. The SMILES string of the molecule is COC(=O)C1CC(=O)N(c2cc(Br)ccc2C)C1. The normalized spacial score (nSPS) is 19.2. The van der Waals surface area contributed by atoms with E-state index in [1.165, 1.54) is 7.11 Å². The molecule has 0 aromatic heterocycles. The molecule has 1 aliphatic rings. The van der Waals surface area contributed by atoms with E-state index >= 15 is 0 Å². The molecule has 1 heterocycles. The summed E-state index contributed by atoms with van der Waals surface area (Å²) >= 11 is 3.39. The molecule has 0 saturated carbocycles. The highest BCUT2D eigenvalue weighted by Crippen LogP contribution is 2.30. The Morgan fingerprint density at radius 2 is 2.22 bits per heavy atom. The topological polar surface area (TPSA) is 46.6 Å². The molecular weight excluding hydrogens is 298 g/mol. The van der Waals surface area contributed by atoms with Crippen LogP contribution in [0.2, 0.25) is 0 Å². The van der Waals surface area contributed by atoms with E-state index in [0.29, 0.717) is 6.54 Å². The van der Waals surface area contributed by atoms with Gasteiger partial charge in [-0.15, -0.1) is 0 Å². The summed E-state index contributed by atoms with van der Waals surface area (Å²) < 4.78 is 5.61. The predicted octanol–water partition coefficient (Wildman–Crippen LogP) is 2.28. The number of methoxy groups -OCH3 is 1. The Bertz CT molecular complexity index is 501. The van der Waals surface area contributed by atoms with Crippen molar-refractivity contribution in [1.29, 1.82) is 0 Å². The summed E-state index contributed by atoms with van der Waals surface area (Å²) in [5, 5.41) is 0. The van der Waals surface area contributed by atoms with Crippen LogP contribution in [0.5, 0.6) is 0 Å². The molecule has 1 saturated heterocycles. The summed E-state index contributed by atoms with van der Waals surface area (Å²) in [7, 11) is 1.35. The molecule has 1 fully saturated rings. The maximum Gasteiger partial charge on any atom is 0.311 e. The molecule has 1 aliphatic heterocycles. The Kier molecular flexibility index (Phi) is 3.71. The second-order valence-electron chi connectivity index (χ2n) is 4.36. The fourth-order valence-electron chi connectivity index (χ4n) is 2.14. The number of halogens is 1. The van der Waals surface area contributed by atoms with Crippen LogP contribution in [0.15, 0.2) is 22.7 Å². The molecule has 0 radical (unpaired) electrons.